The summed E-state index contributed by atoms with van der Waals surface area (Å²) in [4.78, 5) is 0. The molecule has 0 fully saturated rings. The van der Waals surface area contributed by atoms with Crippen molar-refractivity contribution in [3.63, 3.8) is 0 Å². The molecule has 0 aliphatic heterocycles. The molecule has 0 saturated heterocycles. The highest BCUT2D eigenvalue weighted by Gasteiger charge is 2.41. The topological polar surface area (TPSA) is 22.4 Å². The standard InChI is InChI=1S/C16H26O2Si/c1-12-13(15-8-7-11-17-15)9-10-14(12)18-19(5,6)16(2,3)4/h7-8,11,13H,9-10H2,1-6H3. The van der Waals surface area contributed by atoms with Crippen LogP contribution in [0.5, 0.6) is 0 Å². The Balaban J connectivity index is 2.18. The first-order valence-corrected chi connectivity index (χ1v) is 10.1. The maximum absolute atomic E-state index is 6.48. The van der Waals surface area contributed by atoms with Crippen LogP contribution in [0.4, 0.5) is 0 Å². The molecule has 0 N–H and O–H groups in total. The van der Waals surface area contributed by atoms with Crippen molar-refractivity contribution < 1.29 is 8.84 Å². The predicted octanol–water partition coefficient (Wildman–Crippen LogP) is 5.45. The second-order valence-corrected chi connectivity index (χ2v) is 11.8. The number of allylic oxidation sites excluding steroid dienone is 2. The van der Waals surface area contributed by atoms with Crippen molar-refractivity contribution in [3.8, 4) is 0 Å². The van der Waals surface area contributed by atoms with Crippen LogP contribution >= 0.6 is 0 Å². The lowest BCUT2D eigenvalue weighted by Gasteiger charge is -2.37. The minimum atomic E-state index is -1.71. The highest BCUT2D eigenvalue weighted by atomic mass is 28.4. The Morgan fingerprint density at radius 1 is 1.32 bits per heavy atom. The summed E-state index contributed by atoms with van der Waals surface area (Å²) in [6.45, 7) is 13.7. The van der Waals surface area contributed by atoms with Gasteiger partial charge in [0.2, 0.25) is 8.32 Å². The molecule has 0 radical (unpaired) electrons. The van der Waals surface area contributed by atoms with Crippen molar-refractivity contribution in [2.24, 2.45) is 0 Å². The minimum absolute atomic E-state index is 0.253. The normalized spacial score (nSPS) is 21.1. The number of hydrogen-bond donors (Lipinski definition) is 0. The average Bonchev–Trinajstić information content (AvgIpc) is 2.88. The number of furan rings is 1. The van der Waals surface area contributed by atoms with Crippen molar-refractivity contribution >= 4 is 8.32 Å². The molecule has 1 atom stereocenters. The van der Waals surface area contributed by atoms with Crippen LogP contribution in [0.1, 0.15) is 52.2 Å². The smallest absolute Gasteiger partial charge is 0.250 e. The first kappa shape index (κ1) is 14.4. The van der Waals surface area contributed by atoms with E-state index < -0.39 is 8.32 Å². The molecule has 2 rings (SSSR count). The van der Waals surface area contributed by atoms with Crippen LogP contribution < -0.4 is 0 Å². The molecule has 19 heavy (non-hydrogen) atoms. The quantitative estimate of drug-likeness (QED) is 0.686. The molecule has 106 valence electrons. The average molecular weight is 278 g/mol. The molecule has 1 aliphatic rings. The lowest BCUT2D eigenvalue weighted by Crippen LogP contribution is -2.40. The predicted molar refractivity (Wildman–Crippen MR) is 81.7 cm³/mol. The van der Waals surface area contributed by atoms with E-state index >= 15 is 0 Å². The van der Waals surface area contributed by atoms with Crippen LogP contribution in [0.25, 0.3) is 0 Å². The summed E-state index contributed by atoms with van der Waals surface area (Å²) in [6.07, 6.45) is 3.92. The van der Waals surface area contributed by atoms with Gasteiger partial charge in [-0.15, -0.1) is 0 Å². The van der Waals surface area contributed by atoms with Gasteiger partial charge in [0, 0.05) is 12.3 Å². The summed E-state index contributed by atoms with van der Waals surface area (Å²) in [5.41, 5.74) is 1.36. The van der Waals surface area contributed by atoms with Crippen molar-refractivity contribution in [1.29, 1.82) is 0 Å². The monoisotopic (exact) mass is 278 g/mol. The Kier molecular flexibility index (Phi) is 3.69. The Hall–Kier alpha value is -0.963. The molecular weight excluding hydrogens is 252 g/mol. The summed E-state index contributed by atoms with van der Waals surface area (Å²) >= 11 is 0. The van der Waals surface area contributed by atoms with Gasteiger partial charge in [-0.05, 0) is 49.2 Å². The van der Waals surface area contributed by atoms with Gasteiger partial charge in [0.1, 0.15) is 5.76 Å². The van der Waals surface area contributed by atoms with Crippen LogP contribution in [0.3, 0.4) is 0 Å². The van der Waals surface area contributed by atoms with Crippen LogP contribution in [0.15, 0.2) is 34.1 Å². The van der Waals surface area contributed by atoms with Crippen LogP contribution in [-0.4, -0.2) is 8.32 Å². The van der Waals surface area contributed by atoms with E-state index in [1.807, 2.05) is 6.07 Å². The van der Waals surface area contributed by atoms with Gasteiger partial charge in [-0.1, -0.05) is 20.8 Å². The van der Waals surface area contributed by atoms with E-state index in [1.165, 1.54) is 11.3 Å². The van der Waals surface area contributed by atoms with E-state index in [1.54, 1.807) is 6.26 Å². The van der Waals surface area contributed by atoms with Crippen molar-refractivity contribution in [2.75, 3.05) is 0 Å². The summed E-state index contributed by atoms with van der Waals surface area (Å²) in [5, 5.41) is 0.253. The summed E-state index contributed by atoms with van der Waals surface area (Å²) in [6, 6.07) is 4.04. The highest BCUT2D eigenvalue weighted by molar-refractivity contribution is 6.74. The molecule has 0 saturated carbocycles. The van der Waals surface area contributed by atoms with Crippen molar-refractivity contribution in [2.45, 2.75) is 64.6 Å². The van der Waals surface area contributed by atoms with E-state index in [2.05, 4.69) is 46.9 Å². The van der Waals surface area contributed by atoms with Crippen molar-refractivity contribution in [3.05, 3.63) is 35.5 Å². The van der Waals surface area contributed by atoms with Gasteiger partial charge in [0.15, 0.2) is 0 Å². The van der Waals surface area contributed by atoms with Gasteiger partial charge in [0.25, 0.3) is 0 Å². The molecule has 0 bridgehead atoms. The SMILES string of the molecule is CC1=C(O[Si](C)(C)C(C)(C)C)CCC1c1ccco1. The third-order valence-electron chi connectivity index (χ3n) is 4.69. The molecule has 2 nitrogen and oxygen atoms in total. The molecule has 0 amide bonds. The molecule has 3 heteroatoms. The second kappa shape index (κ2) is 4.86. The zero-order valence-electron chi connectivity index (χ0n) is 13.0. The van der Waals surface area contributed by atoms with E-state index in [0.29, 0.717) is 5.92 Å². The Bertz CT molecular complexity index is 463. The molecule has 1 aromatic rings. The van der Waals surface area contributed by atoms with Gasteiger partial charge in [-0.3, -0.25) is 0 Å². The third kappa shape index (κ3) is 2.81. The number of rotatable bonds is 3. The Morgan fingerprint density at radius 2 is 2.00 bits per heavy atom. The van der Waals surface area contributed by atoms with Gasteiger partial charge in [-0.25, -0.2) is 0 Å². The molecule has 0 spiro atoms. The van der Waals surface area contributed by atoms with Gasteiger partial charge < -0.3 is 8.84 Å². The van der Waals surface area contributed by atoms with Gasteiger partial charge in [-0.2, -0.15) is 0 Å². The summed E-state index contributed by atoms with van der Waals surface area (Å²) < 4.78 is 12.0. The third-order valence-corrected chi connectivity index (χ3v) is 9.06. The Morgan fingerprint density at radius 3 is 2.53 bits per heavy atom. The molecular formula is C16H26O2Si. The van der Waals surface area contributed by atoms with Crippen LogP contribution in [0.2, 0.25) is 18.1 Å². The van der Waals surface area contributed by atoms with Crippen LogP contribution in [0, 0.1) is 0 Å². The molecule has 1 aromatic heterocycles. The lowest BCUT2D eigenvalue weighted by molar-refractivity contribution is 0.370. The zero-order chi connectivity index (χ0) is 14.3. The molecule has 1 unspecified atom stereocenters. The second-order valence-electron chi connectivity index (χ2n) is 7.08. The first-order chi connectivity index (χ1) is 8.72. The summed E-state index contributed by atoms with van der Waals surface area (Å²) in [5.74, 6) is 2.70. The fourth-order valence-corrected chi connectivity index (χ4v) is 3.51. The molecule has 1 aliphatic carbocycles. The molecule has 1 heterocycles. The minimum Gasteiger partial charge on any atom is -0.547 e. The Labute approximate surface area is 118 Å². The lowest BCUT2D eigenvalue weighted by atomic mass is 10.0. The maximum atomic E-state index is 6.48. The highest BCUT2D eigenvalue weighted by Crippen LogP contribution is 2.44. The van der Waals surface area contributed by atoms with Crippen molar-refractivity contribution in [1.82, 2.24) is 0 Å². The van der Waals surface area contributed by atoms with Gasteiger partial charge >= 0.3 is 0 Å². The van der Waals surface area contributed by atoms with E-state index in [9.17, 15) is 0 Å². The molecule has 0 aromatic carbocycles. The van der Waals surface area contributed by atoms with Crippen LogP contribution in [-0.2, 0) is 4.43 Å². The maximum Gasteiger partial charge on any atom is 0.250 e. The fourth-order valence-electron chi connectivity index (χ4n) is 2.32. The fraction of sp³-hybridized carbons (Fsp3) is 0.625. The largest absolute Gasteiger partial charge is 0.547 e. The van der Waals surface area contributed by atoms with E-state index in [4.69, 9.17) is 8.84 Å². The summed E-state index contributed by atoms with van der Waals surface area (Å²) in [7, 11) is -1.71. The van der Waals surface area contributed by atoms with Gasteiger partial charge in [0.05, 0.1) is 12.0 Å². The number of hydrogen-bond acceptors (Lipinski definition) is 2. The van der Waals surface area contributed by atoms with E-state index in [0.717, 1.165) is 18.6 Å². The first-order valence-electron chi connectivity index (χ1n) is 7.14. The van der Waals surface area contributed by atoms with E-state index in [-0.39, 0.29) is 5.04 Å². The zero-order valence-corrected chi connectivity index (χ0v) is 14.0.